The first-order valence-electron chi connectivity index (χ1n) is 8.91. The van der Waals surface area contributed by atoms with Crippen molar-refractivity contribution < 1.29 is 18.0 Å². The summed E-state index contributed by atoms with van der Waals surface area (Å²) in [5, 5.41) is 6.33. The largest absolute Gasteiger partial charge is 0.416 e. The standard InChI is InChI=1S/C19H25F3N2O.ClH/c1-12(2)16(13-4-3-5-14(10-13)19(20,21)22)24-17(25)15-11-18(15)6-8-23-9-7-18;/h3-5,10,12,15-16,23H,6-9,11H2,1-2H3,(H,24,25);1H. The van der Waals surface area contributed by atoms with E-state index in [1.54, 1.807) is 6.07 Å². The number of hydrogen-bond donors (Lipinski definition) is 2. The highest BCUT2D eigenvalue weighted by Crippen LogP contribution is 2.58. The van der Waals surface area contributed by atoms with E-state index in [2.05, 4.69) is 10.6 Å². The Morgan fingerprint density at radius 2 is 1.92 bits per heavy atom. The predicted octanol–water partition coefficient (Wildman–Crippen LogP) is 4.33. The van der Waals surface area contributed by atoms with Crippen molar-refractivity contribution in [1.29, 1.82) is 0 Å². The Labute approximate surface area is 158 Å². The van der Waals surface area contributed by atoms with Crippen LogP contribution >= 0.6 is 12.4 Å². The van der Waals surface area contributed by atoms with Gasteiger partial charge in [0.25, 0.3) is 0 Å². The molecular weight excluding hydrogens is 365 g/mol. The van der Waals surface area contributed by atoms with Crippen molar-refractivity contribution in [2.75, 3.05) is 13.1 Å². The van der Waals surface area contributed by atoms with Crippen molar-refractivity contribution in [3.63, 3.8) is 0 Å². The summed E-state index contributed by atoms with van der Waals surface area (Å²) in [6.45, 7) is 5.70. The van der Waals surface area contributed by atoms with Gasteiger partial charge in [0.2, 0.25) is 5.91 Å². The van der Waals surface area contributed by atoms with Gasteiger partial charge in [-0.1, -0.05) is 26.0 Å². The predicted molar refractivity (Wildman–Crippen MR) is 97.1 cm³/mol. The number of rotatable bonds is 4. The fraction of sp³-hybridized carbons (Fsp3) is 0.632. The number of carbonyl (C=O) groups is 1. The van der Waals surface area contributed by atoms with Crippen LogP contribution in [0.2, 0.25) is 0 Å². The third-order valence-electron chi connectivity index (χ3n) is 5.64. The van der Waals surface area contributed by atoms with Crippen molar-refractivity contribution >= 4 is 18.3 Å². The van der Waals surface area contributed by atoms with E-state index in [0.29, 0.717) is 5.56 Å². The molecule has 2 aliphatic rings. The van der Waals surface area contributed by atoms with Gasteiger partial charge in [-0.15, -0.1) is 12.4 Å². The first-order valence-corrected chi connectivity index (χ1v) is 8.91. The topological polar surface area (TPSA) is 41.1 Å². The lowest BCUT2D eigenvalue weighted by Gasteiger charge is -2.26. The van der Waals surface area contributed by atoms with E-state index in [1.807, 2.05) is 13.8 Å². The maximum Gasteiger partial charge on any atom is 0.416 e. The third-order valence-corrected chi connectivity index (χ3v) is 5.64. The smallest absolute Gasteiger partial charge is 0.349 e. The number of hydrogen-bond acceptors (Lipinski definition) is 2. The Morgan fingerprint density at radius 3 is 2.50 bits per heavy atom. The zero-order valence-electron chi connectivity index (χ0n) is 15.0. The summed E-state index contributed by atoms with van der Waals surface area (Å²) in [5.41, 5.74) is -0.0469. The summed E-state index contributed by atoms with van der Waals surface area (Å²) in [6.07, 6.45) is -1.48. The Hall–Kier alpha value is -1.27. The van der Waals surface area contributed by atoms with Crippen LogP contribution in [-0.2, 0) is 11.0 Å². The molecule has 3 rings (SSSR count). The lowest BCUT2D eigenvalue weighted by molar-refractivity contribution is -0.137. The third kappa shape index (κ3) is 4.34. The van der Waals surface area contributed by atoms with Gasteiger partial charge in [-0.2, -0.15) is 13.2 Å². The van der Waals surface area contributed by atoms with Crippen LogP contribution in [0.4, 0.5) is 13.2 Å². The highest BCUT2D eigenvalue weighted by atomic mass is 35.5. The van der Waals surface area contributed by atoms with Crippen molar-refractivity contribution in [2.24, 2.45) is 17.3 Å². The van der Waals surface area contributed by atoms with E-state index in [-0.39, 0.29) is 35.6 Å². The van der Waals surface area contributed by atoms with E-state index in [1.165, 1.54) is 6.07 Å². The van der Waals surface area contributed by atoms with Crippen molar-refractivity contribution in [1.82, 2.24) is 10.6 Å². The second-order valence-electron chi connectivity index (χ2n) is 7.72. The summed E-state index contributed by atoms with van der Waals surface area (Å²) in [6, 6.07) is 4.87. The fourth-order valence-corrected chi connectivity index (χ4v) is 3.99. The number of piperidine rings is 1. The monoisotopic (exact) mass is 390 g/mol. The maximum absolute atomic E-state index is 13.0. The number of alkyl halides is 3. The number of nitrogens with one attached hydrogen (secondary N) is 2. The zero-order chi connectivity index (χ0) is 18.2. The average molecular weight is 391 g/mol. The van der Waals surface area contributed by atoms with E-state index in [0.717, 1.165) is 44.5 Å². The summed E-state index contributed by atoms with van der Waals surface area (Å²) in [7, 11) is 0. The van der Waals surface area contributed by atoms with Gasteiger partial charge in [0.1, 0.15) is 0 Å². The van der Waals surface area contributed by atoms with E-state index in [4.69, 9.17) is 0 Å². The molecule has 1 aliphatic heterocycles. The number of amides is 1. The van der Waals surface area contributed by atoms with Gasteiger partial charge in [0.15, 0.2) is 0 Å². The van der Waals surface area contributed by atoms with Gasteiger partial charge in [0, 0.05) is 5.92 Å². The molecule has 2 N–H and O–H groups in total. The molecule has 0 bridgehead atoms. The molecule has 26 heavy (non-hydrogen) atoms. The summed E-state index contributed by atoms with van der Waals surface area (Å²) in [5.74, 6) is -0.00480. The molecule has 3 nitrogen and oxygen atoms in total. The molecule has 2 atom stereocenters. The van der Waals surface area contributed by atoms with Crippen LogP contribution in [0.25, 0.3) is 0 Å². The second kappa shape index (κ2) is 7.77. The molecule has 0 aromatic heterocycles. The molecule has 2 fully saturated rings. The van der Waals surface area contributed by atoms with Crippen molar-refractivity contribution in [3.05, 3.63) is 35.4 Å². The quantitative estimate of drug-likeness (QED) is 0.803. The molecule has 1 heterocycles. The number of carbonyl (C=O) groups excluding carboxylic acids is 1. The molecule has 1 amide bonds. The van der Waals surface area contributed by atoms with E-state index < -0.39 is 17.8 Å². The molecule has 1 spiro atoms. The summed E-state index contributed by atoms with van der Waals surface area (Å²) < 4.78 is 38.9. The Morgan fingerprint density at radius 1 is 1.27 bits per heavy atom. The number of benzene rings is 1. The first kappa shape index (κ1) is 21.0. The van der Waals surface area contributed by atoms with Gasteiger partial charge < -0.3 is 10.6 Å². The molecule has 1 aromatic rings. The SMILES string of the molecule is CC(C)C(NC(=O)C1CC12CCNCC2)c1cccc(C(F)(F)F)c1.Cl. The van der Waals surface area contributed by atoms with Gasteiger partial charge >= 0.3 is 6.18 Å². The summed E-state index contributed by atoms with van der Waals surface area (Å²) >= 11 is 0. The molecular formula is C19H26ClF3N2O. The lowest BCUT2D eigenvalue weighted by Crippen LogP contribution is -2.36. The fourth-order valence-electron chi connectivity index (χ4n) is 3.99. The molecule has 7 heteroatoms. The van der Waals surface area contributed by atoms with Gasteiger partial charge in [-0.3, -0.25) is 4.79 Å². The van der Waals surface area contributed by atoms with E-state index >= 15 is 0 Å². The molecule has 2 unspecified atom stereocenters. The minimum atomic E-state index is -4.38. The zero-order valence-corrected chi connectivity index (χ0v) is 15.8. The molecule has 1 saturated carbocycles. The highest BCUT2D eigenvalue weighted by molar-refractivity contribution is 5.85. The molecule has 146 valence electrons. The van der Waals surface area contributed by atoms with Crippen LogP contribution in [0.5, 0.6) is 0 Å². The maximum atomic E-state index is 13.0. The van der Waals surface area contributed by atoms with Crippen LogP contribution in [0.1, 0.15) is 50.3 Å². The molecule has 0 radical (unpaired) electrons. The van der Waals surface area contributed by atoms with Gasteiger partial charge in [-0.25, -0.2) is 0 Å². The van der Waals surface area contributed by atoms with Crippen LogP contribution in [0.3, 0.4) is 0 Å². The Kier molecular flexibility index (Phi) is 6.28. The summed E-state index contributed by atoms with van der Waals surface area (Å²) in [4.78, 5) is 12.7. The second-order valence-corrected chi connectivity index (χ2v) is 7.72. The average Bonchev–Trinajstić information content (AvgIpc) is 3.25. The Bertz CT molecular complexity index is 642. The van der Waals surface area contributed by atoms with Crippen molar-refractivity contribution in [3.8, 4) is 0 Å². The minimum absolute atomic E-state index is 0. The minimum Gasteiger partial charge on any atom is -0.349 e. The number of halogens is 4. The molecule has 1 saturated heterocycles. The van der Waals surface area contributed by atoms with Crippen LogP contribution < -0.4 is 10.6 Å². The van der Waals surface area contributed by atoms with Gasteiger partial charge in [-0.05, 0) is 61.4 Å². The first-order chi connectivity index (χ1) is 11.7. The molecule has 1 aromatic carbocycles. The van der Waals surface area contributed by atoms with Gasteiger partial charge in [0.05, 0.1) is 11.6 Å². The molecule has 1 aliphatic carbocycles. The Balaban J connectivity index is 0.00000243. The normalized spacial score (nSPS) is 22.6. The highest BCUT2D eigenvalue weighted by Gasteiger charge is 2.57. The van der Waals surface area contributed by atoms with E-state index in [9.17, 15) is 18.0 Å². The lowest BCUT2D eigenvalue weighted by atomic mass is 9.90. The van der Waals surface area contributed by atoms with Crippen LogP contribution in [-0.4, -0.2) is 19.0 Å². The van der Waals surface area contributed by atoms with Crippen molar-refractivity contribution in [2.45, 2.75) is 45.3 Å². The van der Waals surface area contributed by atoms with Crippen LogP contribution in [0, 0.1) is 17.3 Å². The van der Waals surface area contributed by atoms with Crippen LogP contribution in [0.15, 0.2) is 24.3 Å².